The zero-order valence-corrected chi connectivity index (χ0v) is 13.3. The van der Waals surface area contributed by atoms with E-state index in [0.717, 1.165) is 24.9 Å². The van der Waals surface area contributed by atoms with Crippen molar-refractivity contribution in [1.82, 2.24) is 14.8 Å². The van der Waals surface area contributed by atoms with Gasteiger partial charge in [-0.15, -0.1) is 0 Å². The van der Waals surface area contributed by atoms with Crippen LogP contribution in [0.1, 0.15) is 26.4 Å². The molecular formula is C19H19N3O2. The number of carbonyl (C=O) groups is 2. The molecule has 2 heterocycles. The molecule has 0 unspecified atom stereocenters. The molecule has 1 aromatic carbocycles. The van der Waals surface area contributed by atoms with E-state index in [1.807, 2.05) is 18.2 Å². The highest BCUT2D eigenvalue weighted by molar-refractivity contribution is 5.92. The van der Waals surface area contributed by atoms with Gasteiger partial charge in [0.2, 0.25) is 0 Å². The highest BCUT2D eigenvalue weighted by Crippen LogP contribution is 2.09. The van der Waals surface area contributed by atoms with E-state index < -0.39 is 0 Å². The lowest BCUT2D eigenvalue weighted by molar-refractivity contribution is 0.0673. The first-order chi connectivity index (χ1) is 11.8. The summed E-state index contributed by atoms with van der Waals surface area (Å²) in [5.74, 6) is -0.0841. The van der Waals surface area contributed by atoms with Gasteiger partial charge in [-0.3, -0.25) is 14.6 Å². The zero-order valence-electron chi connectivity index (χ0n) is 13.3. The van der Waals surface area contributed by atoms with Crippen LogP contribution in [0.2, 0.25) is 0 Å². The minimum absolute atomic E-state index is 0.0841. The molecule has 0 bridgehead atoms. The number of hydrogen-bond donors (Lipinski definition) is 0. The fraction of sp³-hybridized carbons (Fsp3) is 0.211. The maximum atomic E-state index is 12.4. The number of amides is 1. The van der Waals surface area contributed by atoms with Crippen LogP contribution in [0.3, 0.4) is 0 Å². The van der Waals surface area contributed by atoms with Crippen LogP contribution in [0.5, 0.6) is 0 Å². The van der Waals surface area contributed by atoms with Gasteiger partial charge in [-0.05, 0) is 30.0 Å². The fourth-order valence-corrected chi connectivity index (χ4v) is 2.59. The van der Waals surface area contributed by atoms with Crippen molar-refractivity contribution >= 4 is 18.3 Å². The van der Waals surface area contributed by atoms with Crippen molar-refractivity contribution in [1.29, 1.82) is 0 Å². The van der Waals surface area contributed by atoms with E-state index in [-0.39, 0.29) is 5.91 Å². The summed E-state index contributed by atoms with van der Waals surface area (Å²) < 4.78 is 0. The summed E-state index contributed by atoms with van der Waals surface area (Å²) in [4.78, 5) is 31.1. The van der Waals surface area contributed by atoms with Crippen molar-refractivity contribution in [2.45, 2.75) is 0 Å². The number of carbonyl (C=O) groups excluding carboxylic acids is 2. The molecule has 1 saturated heterocycles. The van der Waals surface area contributed by atoms with Gasteiger partial charge >= 0.3 is 0 Å². The van der Waals surface area contributed by atoms with Crippen molar-refractivity contribution in [3.05, 3.63) is 71.7 Å². The first-order valence-corrected chi connectivity index (χ1v) is 7.94. The summed E-state index contributed by atoms with van der Waals surface area (Å²) >= 11 is 0. The number of benzene rings is 1. The van der Waals surface area contributed by atoms with Crippen molar-refractivity contribution in [3.63, 3.8) is 0 Å². The van der Waals surface area contributed by atoms with Gasteiger partial charge in [-0.25, -0.2) is 0 Å². The van der Waals surface area contributed by atoms with Crippen molar-refractivity contribution in [3.8, 4) is 0 Å². The van der Waals surface area contributed by atoms with Gasteiger partial charge < -0.3 is 9.80 Å². The Morgan fingerprint density at radius 3 is 2.33 bits per heavy atom. The topological polar surface area (TPSA) is 53.5 Å². The summed E-state index contributed by atoms with van der Waals surface area (Å²) in [6.45, 7) is 2.91. The third-order valence-corrected chi connectivity index (χ3v) is 4.02. The molecule has 122 valence electrons. The first-order valence-electron chi connectivity index (χ1n) is 7.94. The average molecular weight is 321 g/mol. The van der Waals surface area contributed by atoms with Crippen molar-refractivity contribution in [2.75, 3.05) is 26.2 Å². The molecule has 0 aliphatic carbocycles. The Labute approximate surface area is 141 Å². The highest BCUT2D eigenvalue weighted by Gasteiger charge is 2.21. The molecular weight excluding hydrogens is 302 g/mol. The molecule has 1 fully saturated rings. The number of aromatic nitrogens is 1. The van der Waals surface area contributed by atoms with Crippen LogP contribution < -0.4 is 0 Å². The van der Waals surface area contributed by atoms with E-state index in [0.29, 0.717) is 24.3 Å². The van der Waals surface area contributed by atoms with E-state index in [1.165, 1.54) is 6.20 Å². The Kier molecular flexibility index (Phi) is 5.01. The highest BCUT2D eigenvalue weighted by atomic mass is 16.2. The van der Waals surface area contributed by atoms with Crippen molar-refractivity contribution < 1.29 is 9.59 Å². The monoisotopic (exact) mass is 321 g/mol. The second-order valence-corrected chi connectivity index (χ2v) is 5.65. The van der Waals surface area contributed by atoms with Crippen LogP contribution in [-0.2, 0) is 0 Å². The molecule has 0 N–H and O–H groups in total. The van der Waals surface area contributed by atoms with Gasteiger partial charge in [0.1, 0.15) is 5.69 Å². The van der Waals surface area contributed by atoms with Gasteiger partial charge in [0.25, 0.3) is 5.91 Å². The first kappa shape index (κ1) is 15.9. The lowest BCUT2D eigenvalue weighted by Crippen LogP contribution is -2.46. The fourth-order valence-electron chi connectivity index (χ4n) is 2.59. The molecule has 0 atom stereocenters. The Morgan fingerprint density at radius 1 is 0.958 bits per heavy atom. The number of hydrogen-bond acceptors (Lipinski definition) is 4. The number of rotatable bonds is 4. The maximum Gasteiger partial charge on any atom is 0.272 e. The number of nitrogens with zero attached hydrogens (tertiary/aromatic N) is 3. The largest absolute Gasteiger partial charge is 0.374 e. The number of pyridine rings is 1. The number of aldehydes is 1. The zero-order chi connectivity index (χ0) is 16.8. The Balaban J connectivity index is 1.55. The lowest BCUT2D eigenvalue weighted by atomic mass is 10.2. The van der Waals surface area contributed by atoms with Crippen molar-refractivity contribution in [2.24, 2.45) is 0 Å². The molecule has 0 spiro atoms. The minimum Gasteiger partial charge on any atom is -0.374 e. The molecule has 5 nitrogen and oxygen atoms in total. The van der Waals surface area contributed by atoms with E-state index in [4.69, 9.17) is 0 Å². The van der Waals surface area contributed by atoms with E-state index in [2.05, 4.69) is 34.3 Å². The molecule has 24 heavy (non-hydrogen) atoms. The molecule has 0 saturated carbocycles. The van der Waals surface area contributed by atoms with Crippen LogP contribution in [0, 0.1) is 0 Å². The predicted molar refractivity (Wildman–Crippen MR) is 92.6 cm³/mol. The van der Waals surface area contributed by atoms with Crippen LogP contribution in [0.4, 0.5) is 0 Å². The van der Waals surface area contributed by atoms with Crippen LogP contribution in [0.15, 0.2) is 54.9 Å². The second-order valence-electron chi connectivity index (χ2n) is 5.65. The van der Waals surface area contributed by atoms with Gasteiger partial charge in [0, 0.05) is 37.9 Å². The Hall–Kier alpha value is -2.95. The molecule has 2 aromatic rings. The predicted octanol–water partition coefficient (Wildman–Crippen LogP) is 2.32. The summed E-state index contributed by atoms with van der Waals surface area (Å²) in [7, 11) is 0. The van der Waals surface area contributed by atoms with E-state index >= 15 is 0 Å². The molecule has 0 radical (unpaired) electrons. The summed E-state index contributed by atoms with van der Waals surface area (Å²) in [5.41, 5.74) is 2.02. The van der Waals surface area contributed by atoms with E-state index in [9.17, 15) is 9.59 Å². The molecule has 1 aliphatic heterocycles. The Morgan fingerprint density at radius 2 is 1.71 bits per heavy atom. The summed E-state index contributed by atoms with van der Waals surface area (Å²) in [6.07, 6.45) is 6.31. The normalized spacial score (nSPS) is 14.8. The van der Waals surface area contributed by atoms with Gasteiger partial charge in [0.05, 0.1) is 0 Å². The molecule has 1 aliphatic rings. The SMILES string of the molecule is O=Cc1ccc(C(=O)N2CCN(C=Cc3ccccc3)CC2)nc1. The maximum absolute atomic E-state index is 12.4. The quantitative estimate of drug-likeness (QED) is 0.811. The van der Waals surface area contributed by atoms with Gasteiger partial charge in [-0.2, -0.15) is 0 Å². The van der Waals surface area contributed by atoms with Crippen LogP contribution in [0.25, 0.3) is 6.08 Å². The van der Waals surface area contributed by atoms with Gasteiger partial charge in [-0.1, -0.05) is 30.3 Å². The molecule has 1 aromatic heterocycles. The second kappa shape index (κ2) is 7.55. The van der Waals surface area contributed by atoms with E-state index in [1.54, 1.807) is 17.0 Å². The molecule has 1 amide bonds. The lowest BCUT2D eigenvalue weighted by Gasteiger charge is -2.34. The smallest absolute Gasteiger partial charge is 0.272 e. The molecule has 3 rings (SSSR count). The minimum atomic E-state index is -0.0841. The summed E-state index contributed by atoms with van der Waals surface area (Å²) in [6, 6.07) is 13.4. The standard InChI is InChI=1S/C19H19N3O2/c23-15-17-6-7-18(20-14-17)19(24)22-12-10-21(11-13-22)9-8-16-4-2-1-3-5-16/h1-9,14-15H,10-13H2. The Bertz CT molecular complexity index is 718. The van der Waals surface area contributed by atoms with Crippen LogP contribution in [-0.4, -0.2) is 53.2 Å². The van der Waals surface area contributed by atoms with Gasteiger partial charge in [0.15, 0.2) is 6.29 Å². The summed E-state index contributed by atoms with van der Waals surface area (Å²) in [5, 5.41) is 0. The third-order valence-electron chi connectivity index (χ3n) is 4.02. The molecule has 5 heteroatoms. The average Bonchev–Trinajstić information content (AvgIpc) is 2.67. The van der Waals surface area contributed by atoms with Crippen LogP contribution >= 0.6 is 0 Å². The third kappa shape index (κ3) is 3.87. The number of piperazine rings is 1.